The maximum Gasteiger partial charge on any atom is 0.136 e. The third kappa shape index (κ3) is 5.80. The molecule has 0 aliphatic rings. The average molecular weight is 459 g/mol. The molecular formula is C26H32F2N2OS. The standard InChI is InChI=1S/C26H32F2N2OS/c1-25(2,3)24(29-32(31)26(4,5)6)23-14-19(21-15-20(27)12-13-22(21)28)17-30(23)16-18-10-8-7-9-11-18/h7-15,17,24,29H,16H2,1-6H3. The second kappa shape index (κ2) is 9.38. The zero-order valence-electron chi connectivity index (χ0n) is 19.6. The fraction of sp³-hybridized carbons (Fsp3) is 0.385. The van der Waals surface area contributed by atoms with Crippen molar-refractivity contribution in [3.8, 4) is 11.1 Å². The maximum absolute atomic E-state index is 14.6. The van der Waals surface area contributed by atoms with Crippen LogP contribution in [0, 0.1) is 17.0 Å². The summed E-state index contributed by atoms with van der Waals surface area (Å²) in [5.41, 5.74) is 2.47. The molecule has 172 valence electrons. The van der Waals surface area contributed by atoms with Crippen LogP contribution in [0.2, 0.25) is 0 Å². The van der Waals surface area contributed by atoms with Crippen molar-refractivity contribution in [2.24, 2.45) is 5.41 Å². The number of nitrogens with zero attached hydrogens (tertiary/aromatic N) is 1. The molecule has 6 heteroatoms. The van der Waals surface area contributed by atoms with Gasteiger partial charge in [0.1, 0.15) is 16.4 Å². The van der Waals surface area contributed by atoms with Crippen LogP contribution in [0.15, 0.2) is 60.8 Å². The topological polar surface area (TPSA) is 40.0 Å². The predicted octanol–water partition coefficient (Wildman–Crippen LogP) is 6.62. The molecule has 0 bridgehead atoms. The summed E-state index contributed by atoms with van der Waals surface area (Å²) < 4.78 is 46.4. The lowest BCUT2D eigenvalue weighted by Gasteiger charge is -2.35. The summed E-state index contributed by atoms with van der Waals surface area (Å²) in [6.07, 6.45) is 1.85. The minimum Gasteiger partial charge on any atom is -0.598 e. The van der Waals surface area contributed by atoms with Crippen LogP contribution in [-0.4, -0.2) is 13.9 Å². The molecule has 3 rings (SSSR count). The highest BCUT2D eigenvalue weighted by Crippen LogP contribution is 2.38. The number of rotatable bonds is 6. The number of hydrogen-bond donors (Lipinski definition) is 1. The van der Waals surface area contributed by atoms with Crippen LogP contribution in [0.1, 0.15) is 58.8 Å². The van der Waals surface area contributed by atoms with Crippen LogP contribution in [0.25, 0.3) is 11.1 Å². The van der Waals surface area contributed by atoms with Crippen LogP contribution >= 0.6 is 0 Å². The van der Waals surface area contributed by atoms with Gasteiger partial charge in [-0.2, -0.15) is 0 Å². The molecule has 3 nitrogen and oxygen atoms in total. The second-order valence-corrected chi connectivity index (χ2v) is 12.2. The minimum atomic E-state index is -1.31. The van der Waals surface area contributed by atoms with E-state index in [0.717, 1.165) is 23.4 Å². The highest BCUT2D eigenvalue weighted by Gasteiger charge is 2.37. The Hall–Kier alpha value is -2.15. The highest BCUT2D eigenvalue weighted by atomic mass is 32.2. The summed E-state index contributed by atoms with van der Waals surface area (Å²) in [6.45, 7) is 12.6. The number of nitrogens with one attached hydrogen (secondary N) is 1. The first kappa shape index (κ1) is 24.5. The molecule has 0 fully saturated rings. The summed E-state index contributed by atoms with van der Waals surface area (Å²) in [5.74, 6) is -0.966. The van der Waals surface area contributed by atoms with Gasteiger partial charge in [0.2, 0.25) is 0 Å². The number of aromatic nitrogens is 1. The summed E-state index contributed by atoms with van der Waals surface area (Å²) >= 11 is -1.31. The van der Waals surface area contributed by atoms with Gasteiger partial charge in [0, 0.05) is 40.9 Å². The minimum absolute atomic E-state index is 0.211. The predicted molar refractivity (Wildman–Crippen MR) is 129 cm³/mol. The van der Waals surface area contributed by atoms with Gasteiger partial charge in [-0.25, -0.2) is 8.78 Å². The van der Waals surface area contributed by atoms with E-state index in [0.29, 0.717) is 12.1 Å². The molecule has 0 saturated carbocycles. The van der Waals surface area contributed by atoms with E-state index >= 15 is 0 Å². The summed E-state index contributed by atoms with van der Waals surface area (Å²) in [5, 5.41) is 0. The third-order valence-electron chi connectivity index (χ3n) is 5.31. The maximum atomic E-state index is 14.6. The van der Waals surface area contributed by atoms with E-state index in [4.69, 9.17) is 0 Å². The molecular weight excluding hydrogens is 426 g/mol. The van der Waals surface area contributed by atoms with Crippen LogP contribution < -0.4 is 4.72 Å². The molecule has 32 heavy (non-hydrogen) atoms. The molecule has 1 N–H and O–H groups in total. The molecule has 1 heterocycles. The van der Waals surface area contributed by atoms with E-state index < -0.39 is 27.7 Å². The van der Waals surface area contributed by atoms with E-state index in [1.165, 1.54) is 6.07 Å². The highest BCUT2D eigenvalue weighted by molar-refractivity contribution is 7.90. The average Bonchev–Trinajstić information content (AvgIpc) is 3.09. The Morgan fingerprint density at radius 2 is 1.62 bits per heavy atom. The molecule has 0 aliphatic heterocycles. The molecule has 2 unspecified atom stereocenters. The van der Waals surface area contributed by atoms with Gasteiger partial charge in [-0.15, -0.1) is 4.72 Å². The van der Waals surface area contributed by atoms with Crippen LogP contribution in [-0.2, 0) is 17.9 Å². The Morgan fingerprint density at radius 3 is 2.22 bits per heavy atom. The van der Waals surface area contributed by atoms with Gasteiger partial charge < -0.3 is 9.12 Å². The molecule has 0 amide bonds. The van der Waals surface area contributed by atoms with Crippen molar-refractivity contribution in [1.82, 2.24) is 9.29 Å². The molecule has 0 radical (unpaired) electrons. The molecule has 2 aromatic carbocycles. The van der Waals surface area contributed by atoms with E-state index in [1.807, 2.05) is 67.9 Å². The number of hydrogen-bond acceptors (Lipinski definition) is 2. The van der Waals surface area contributed by atoms with Crippen molar-refractivity contribution in [1.29, 1.82) is 0 Å². The first-order valence-electron chi connectivity index (χ1n) is 10.7. The van der Waals surface area contributed by atoms with E-state index in [1.54, 1.807) is 0 Å². The SMILES string of the molecule is CC(C)(C)C(N[S+]([O-])C(C)(C)C)c1cc(-c2cc(F)ccc2F)cn1Cc1ccccc1. The van der Waals surface area contributed by atoms with Crippen molar-refractivity contribution in [2.45, 2.75) is 58.9 Å². The van der Waals surface area contributed by atoms with Crippen molar-refractivity contribution >= 4 is 11.4 Å². The van der Waals surface area contributed by atoms with Gasteiger partial charge in [0.05, 0.1) is 6.04 Å². The van der Waals surface area contributed by atoms with Crippen molar-refractivity contribution in [3.05, 3.63) is 83.7 Å². The van der Waals surface area contributed by atoms with Crippen molar-refractivity contribution in [3.63, 3.8) is 0 Å². The number of halogens is 2. The zero-order chi connectivity index (χ0) is 23.7. The lowest BCUT2D eigenvalue weighted by Crippen LogP contribution is -2.45. The van der Waals surface area contributed by atoms with Gasteiger partial charge in [0.15, 0.2) is 0 Å². The molecule has 0 aliphatic carbocycles. The largest absolute Gasteiger partial charge is 0.598 e. The van der Waals surface area contributed by atoms with Crippen LogP contribution in [0.3, 0.4) is 0 Å². The first-order chi connectivity index (χ1) is 14.9. The van der Waals surface area contributed by atoms with E-state index in [2.05, 4.69) is 25.5 Å². The van der Waals surface area contributed by atoms with Gasteiger partial charge in [-0.05, 0) is 56.0 Å². The summed E-state index contributed by atoms with van der Waals surface area (Å²) in [4.78, 5) is 0. The lowest BCUT2D eigenvalue weighted by molar-refractivity contribution is 0.291. The van der Waals surface area contributed by atoms with Crippen LogP contribution in [0.5, 0.6) is 0 Å². The normalized spacial score (nSPS) is 14.4. The number of benzene rings is 2. The lowest BCUT2D eigenvalue weighted by atomic mass is 9.85. The fourth-order valence-corrected chi connectivity index (χ4v) is 4.56. The molecule has 0 saturated heterocycles. The Labute approximate surface area is 193 Å². The Balaban J connectivity index is 2.13. The molecule has 2 atom stereocenters. The Kier molecular flexibility index (Phi) is 7.18. The first-order valence-corrected chi connectivity index (χ1v) is 11.9. The summed E-state index contributed by atoms with van der Waals surface area (Å²) in [7, 11) is 0. The van der Waals surface area contributed by atoms with Crippen molar-refractivity contribution in [2.75, 3.05) is 0 Å². The Bertz CT molecular complexity index is 1050. The quantitative estimate of drug-likeness (QED) is 0.422. The molecule has 0 spiro atoms. The fourth-order valence-electron chi connectivity index (χ4n) is 3.52. The second-order valence-electron chi connectivity index (χ2n) is 10.2. The summed E-state index contributed by atoms with van der Waals surface area (Å²) in [6, 6.07) is 15.0. The monoisotopic (exact) mass is 458 g/mol. The van der Waals surface area contributed by atoms with E-state index in [-0.39, 0.29) is 17.0 Å². The smallest absolute Gasteiger partial charge is 0.136 e. The third-order valence-corrected chi connectivity index (χ3v) is 6.87. The van der Waals surface area contributed by atoms with Crippen molar-refractivity contribution < 1.29 is 13.3 Å². The zero-order valence-corrected chi connectivity index (χ0v) is 20.4. The van der Waals surface area contributed by atoms with Gasteiger partial charge in [0.25, 0.3) is 0 Å². The molecule has 1 aromatic heterocycles. The van der Waals surface area contributed by atoms with E-state index in [9.17, 15) is 13.3 Å². The van der Waals surface area contributed by atoms with Gasteiger partial charge in [-0.1, -0.05) is 51.1 Å². The van der Waals surface area contributed by atoms with Gasteiger partial charge in [-0.3, -0.25) is 0 Å². The van der Waals surface area contributed by atoms with Crippen LogP contribution in [0.4, 0.5) is 8.78 Å². The Morgan fingerprint density at radius 1 is 0.969 bits per heavy atom. The molecule has 3 aromatic rings. The van der Waals surface area contributed by atoms with Gasteiger partial charge >= 0.3 is 0 Å².